The van der Waals surface area contributed by atoms with E-state index in [0.29, 0.717) is 0 Å². The summed E-state index contributed by atoms with van der Waals surface area (Å²) in [6.07, 6.45) is 1.90. The summed E-state index contributed by atoms with van der Waals surface area (Å²) in [5, 5.41) is 7.69. The molecule has 0 unspecified atom stereocenters. The Kier molecular flexibility index (Phi) is 3.53. The van der Waals surface area contributed by atoms with Crippen LogP contribution >= 0.6 is 0 Å². The normalized spacial score (nSPS) is 19.4. The molecule has 5 nitrogen and oxygen atoms in total. The van der Waals surface area contributed by atoms with Gasteiger partial charge < -0.3 is 14.6 Å². The second-order valence-electron chi connectivity index (χ2n) is 6.68. The van der Waals surface area contributed by atoms with Crippen LogP contribution in [0.15, 0.2) is 36.5 Å². The summed E-state index contributed by atoms with van der Waals surface area (Å²) in [5.41, 5.74) is 1.22. The maximum Gasteiger partial charge on any atom is 0.496 e. The lowest BCUT2D eigenvalue weighted by atomic mass is 9.78. The predicted molar refractivity (Wildman–Crippen MR) is 88.6 cm³/mol. The molecule has 1 aromatic carbocycles. The maximum absolute atomic E-state index is 6.15. The molecule has 0 amide bonds. The van der Waals surface area contributed by atoms with Gasteiger partial charge in [-0.1, -0.05) is 18.2 Å². The van der Waals surface area contributed by atoms with Crippen molar-refractivity contribution in [1.82, 2.24) is 9.78 Å². The molecule has 0 radical (unpaired) electrons. The van der Waals surface area contributed by atoms with Crippen LogP contribution in [0.1, 0.15) is 27.7 Å². The Balaban J connectivity index is 1.89. The van der Waals surface area contributed by atoms with Gasteiger partial charge in [0.15, 0.2) is 5.82 Å². The van der Waals surface area contributed by atoms with Crippen molar-refractivity contribution in [3.8, 4) is 0 Å². The third-order valence-corrected chi connectivity index (χ3v) is 4.44. The minimum atomic E-state index is -0.391. The molecule has 1 aliphatic heterocycles. The van der Waals surface area contributed by atoms with Crippen molar-refractivity contribution < 1.29 is 9.31 Å². The zero-order valence-electron chi connectivity index (χ0n) is 13.8. The van der Waals surface area contributed by atoms with Crippen molar-refractivity contribution in [1.29, 1.82) is 0 Å². The summed E-state index contributed by atoms with van der Waals surface area (Å²) >= 11 is 0. The molecule has 0 saturated carbocycles. The largest absolute Gasteiger partial charge is 0.496 e. The Morgan fingerprint density at radius 3 is 2.27 bits per heavy atom. The summed E-state index contributed by atoms with van der Waals surface area (Å²) in [6.45, 7) is 8.23. The lowest BCUT2D eigenvalue weighted by Crippen LogP contribution is -2.41. The minimum absolute atomic E-state index is 0.351. The summed E-state index contributed by atoms with van der Waals surface area (Å²) < 4.78 is 14.1. The van der Waals surface area contributed by atoms with Gasteiger partial charge in [-0.05, 0) is 33.8 Å². The maximum atomic E-state index is 6.15. The monoisotopic (exact) mass is 299 g/mol. The molecule has 0 atom stereocenters. The number of anilines is 2. The van der Waals surface area contributed by atoms with Gasteiger partial charge >= 0.3 is 7.12 Å². The van der Waals surface area contributed by atoms with Gasteiger partial charge in [-0.15, -0.1) is 0 Å². The number of hydrogen-bond donors (Lipinski definition) is 1. The van der Waals surface area contributed by atoms with Crippen LogP contribution in [0.2, 0.25) is 0 Å². The number of rotatable bonds is 3. The number of nitrogens with one attached hydrogen (secondary N) is 1. The molecule has 1 aromatic heterocycles. The van der Waals surface area contributed by atoms with E-state index in [1.54, 1.807) is 4.68 Å². The van der Waals surface area contributed by atoms with Crippen LogP contribution in [0, 0.1) is 0 Å². The molecule has 6 heteroatoms. The lowest BCUT2D eigenvalue weighted by molar-refractivity contribution is 0.00578. The number of benzene rings is 1. The van der Waals surface area contributed by atoms with Crippen LogP contribution in [0.4, 0.5) is 11.5 Å². The summed E-state index contributed by atoms with van der Waals surface area (Å²) in [5.74, 6) is 0.798. The highest BCUT2D eigenvalue weighted by Crippen LogP contribution is 2.37. The summed E-state index contributed by atoms with van der Waals surface area (Å²) in [4.78, 5) is 0. The van der Waals surface area contributed by atoms with Crippen LogP contribution in [-0.2, 0) is 16.4 Å². The third-order valence-electron chi connectivity index (χ3n) is 4.44. The Bertz CT molecular complexity index is 666. The Hall–Kier alpha value is -1.79. The van der Waals surface area contributed by atoms with Gasteiger partial charge in [0.05, 0.1) is 11.2 Å². The van der Waals surface area contributed by atoms with E-state index in [4.69, 9.17) is 9.31 Å². The van der Waals surface area contributed by atoms with E-state index in [9.17, 15) is 0 Å². The molecular formula is C16H22BN3O2. The van der Waals surface area contributed by atoms with Gasteiger partial charge in [0.1, 0.15) is 0 Å². The predicted octanol–water partition coefficient (Wildman–Crippen LogP) is 2.46. The molecule has 116 valence electrons. The van der Waals surface area contributed by atoms with Crippen LogP contribution < -0.4 is 10.8 Å². The quantitative estimate of drug-likeness (QED) is 0.885. The Morgan fingerprint density at radius 2 is 1.68 bits per heavy atom. The first kappa shape index (κ1) is 15.1. The summed E-state index contributed by atoms with van der Waals surface area (Å²) in [6, 6.07) is 9.94. The van der Waals surface area contributed by atoms with E-state index in [-0.39, 0.29) is 11.2 Å². The average Bonchev–Trinajstić information content (AvgIpc) is 2.91. The first-order valence-electron chi connectivity index (χ1n) is 7.50. The van der Waals surface area contributed by atoms with E-state index in [2.05, 4.69) is 38.1 Å². The molecule has 22 heavy (non-hydrogen) atoms. The van der Waals surface area contributed by atoms with Gasteiger partial charge in [-0.3, -0.25) is 4.68 Å². The highest BCUT2D eigenvalue weighted by Gasteiger charge is 2.52. The van der Waals surface area contributed by atoms with Crippen LogP contribution in [0.5, 0.6) is 0 Å². The molecule has 1 N–H and O–H groups in total. The average molecular weight is 299 g/mol. The minimum Gasteiger partial charge on any atom is -0.399 e. The van der Waals surface area contributed by atoms with Gasteiger partial charge in [0, 0.05) is 30.5 Å². The fraction of sp³-hybridized carbons (Fsp3) is 0.438. The van der Waals surface area contributed by atoms with E-state index in [0.717, 1.165) is 17.0 Å². The molecule has 0 spiro atoms. The van der Waals surface area contributed by atoms with Crippen LogP contribution in [0.25, 0.3) is 0 Å². The van der Waals surface area contributed by atoms with Gasteiger partial charge in [0.2, 0.25) is 0 Å². The third kappa shape index (κ3) is 2.64. The van der Waals surface area contributed by atoms with E-state index >= 15 is 0 Å². The molecular weight excluding hydrogens is 277 g/mol. The highest BCUT2D eigenvalue weighted by atomic mass is 16.7. The van der Waals surface area contributed by atoms with Crippen molar-refractivity contribution in [2.75, 3.05) is 5.32 Å². The second kappa shape index (κ2) is 5.14. The van der Waals surface area contributed by atoms with Crippen molar-refractivity contribution in [2.24, 2.45) is 7.05 Å². The highest BCUT2D eigenvalue weighted by molar-refractivity contribution is 6.64. The summed E-state index contributed by atoms with van der Waals surface area (Å²) in [7, 11) is 1.50. The fourth-order valence-corrected chi connectivity index (χ4v) is 2.41. The molecule has 2 aromatic rings. The molecule has 0 aliphatic carbocycles. The first-order chi connectivity index (χ1) is 10.3. The Labute approximate surface area is 131 Å². The molecule has 1 saturated heterocycles. The van der Waals surface area contributed by atoms with Gasteiger partial charge in [0.25, 0.3) is 0 Å². The van der Waals surface area contributed by atoms with Gasteiger partial charge in [-0.2, -0.15) is 5.10 Å². The first-order valence-corrected chi connectivity index (χ1v) is 7.50. The van der Waals surface area contributed by atoms with E-state index < -0.39 is 7.12 Å². The topological polar surface area (TPSA) is 48.3 Å². The molecule has 2 heterocycles. The standard InChI is InChI=1S/C16H22BN3O2/c1-15(2)16(3,4)22-17(21-15)12-8-6-7-9-13(12)18-14-10-11-20(5)19-14/h6-11H,1-5H3,(H,18,19). The second-order valence-corrected chi connectivity index (χ2v) is 6.68. The smallest absolute Gasteiger partial charge is 0.399 e. The van der Waals surface area contributed by atoms with Crippen molar-refractivity contribution in [3.63, 3.8) is 0 Å². The molecule has 3 rings (SSSR count). The lowest BCUT2D eigenvalue weighted by Gasteiger charge is -2.32. The molecule has 1 aliphatic rings. The number of nitrogens with zero attached hydrogens (tertiary/aromatic N) is 2. The van der Waals surface area contributed by atoms with Crippen molar-refractivity contribution in [3.05, 3.63) is 36.5 Å². The zero-order chi connectivity index (χ0) is 16.0. The van der Waals surface area contributed by atoms with Crippen molar-refractivity contribution in [2.45, 2.75) is 38.9 Å². The number of para-hydroxylation sites is 1. The van der Waals surface area contributed by atoms with Crippen LogP contribution in [0.3, 0.4) is 0 Å². The SMILES string of the molecule is Cn1ccc(Nc2ccccc2B2OC(C)(C)C(C)(C)O2)n1. The van der Waals surface area contributed by atoms with E-state index in [1.165, 1.54) is 0 Å². The number of hydrogen-bond acceptors (Lipinski definition) is 4. The zero-order valence-corrected chi connectivity index (χ0v) is 13.8. The Morgan fingerprint density at radius 1 is 1.05 bits per heavy atom. The van der Waals surface area contributed by atoms with Crippen LogP contribution in [-0.4, -0.2) is 28.1 Å². The number of aryl methyl sites for hydroxylation is 1. The van der Waals surface area contributed by atoms with E-state index in [1.807, 2.05) is 43.6 Å². The molecule has 0 bridgehead atoms. The molecule has 1 fully saturated rings. The van der Waals surface area contributed by atoms with Crippen molar-refractivity contribution >= 4 is 24.1 Å². The fourth-order valence-electron chi connectivity index (χ4n) is 2.41. The number of aromatic nitrogens is 2. The van der Waals surface area contributed by atoms with Gasteiger partial charge in [-0.25, -0.2) is 0 Å².